The molecule has 12 nitrogen and oxygen atoms in total. The molecule has 1 fully saturated rings. The first-order chi connectivity index (χ1) is 38.2. The molecule has 0 aliphatic heterocycles. The van der Waals surface area contributed by atoms with Crippen LogP contribution in [-0.2, 0) is 57.2 Å². The zero-order chi connectivity index (χ0) is 54.6. The van der Waals surface area contributed by atoms with E-state index in [-0.39, 0.29) is 73.0 Å². The van der Waals surface area contributed by atoms with Crippen LogP contribution in [0, 0.1) is 0 Å². The van der Waals surface area contributed by atoms with Gasteiger partial charge in [-0.1, -0.05) is 109 Å². The Labute approximate surface area is 481 Å². The minimum atomic E-state index is -1.74. The summed E-state index contributed by atoms with van der Waals surface area (Å²) in [5.74, 6) is -3.00. The van der Waals surface area contributed by atoms with Gasteiger partial charge in [-0.2, -0.15) is 0 Å². The number of carbonyl (C=O) groups excluding carboxylic acids is 6. The first-order valence-corrected chi connectivity index (χ1v) is 31.3. The quantitative estimate of drug-likeness (QED) is 0.0238. The summed E-state index contributed by atoms with van der Waals surface area (Å²) < 4.78 is 37.9. The van der Waals surface area contributed by atoms with E-state index in [4.69, 9.17) is 28.4 Å². The molecule has 0 radical (unpaired) electrons. The van der Waals surface area contributed by atoms with Gasteiger partial charge < -0.3 is 28.4 Å². The van der Waals surface area contributed by atoms with Gasteiger partial charge in [-0.05, 0) is 72.8 Å². The molecule has 7 rings (SSSR count). The second kappa shape index (κ2) is 33.6. The summed E-state index contributed by atoms with van der Waals surface area (Å²) in [5, 5.41) is 0. The molecule has 0 spiro atoms. The molecule has 1 aliphatic carbocycles. The summed E-state index contributed by atoms with van der Waals surface area (Å²) in [4.78, 5) is 91.2. The van der Waals surface area contributed by atoms with Crippen LogP contribution in [0.2, 0.25) is 0 Å². The average molecular weight is 1170 g/mol. The minimum absolute atomic E-state index is 0.154. The molecule has 6 aromatic carbocycles. The number of hydrogen-bond donors (Lipinski definition) is 0. The third-order valence-corrected chi connectivity index (χ3v) is 17.5. The molecule has 0 N–H and O–H groups in total. The summed E-state index contributed by atoms with van der Waals surface area (Å²) >= 11 is 8.47. The first kappa shape index (κ1) is 59.9. The van der Waals surface area contributed by atoms with Crippen molar-refractivity contribution in [3.63, 3.8) is 0 Å². The molecule has 0 amide bonds. The topological polar surface area (TPSA) is 158 Å². The summed E-state index contributed by atoms with van der Waals surface area (Å²) in [7, 11) is 0. The molecular formula is C60H60O12S6. The van der Waals surface area contributed by atoms with Crippen molar-refractivity contribution in [2.24, 2.45) is 0 Å². The summed E-state index contributed by atoms with van der Waals surface area (Å²) in [5.41, 5.74) is 0. The Hall–Kier alpha value is -5.76. The van der Waals surface area contributed by atoms with Gasteiger partial charge in [0, 0.05) is 63.9 Å². The number of esters is 6. The Bertz CT molecular complexity index is 2260. The predicted octanol–water partition coefficient (Wildman–Crippen LogP) is 12.6. The molecule has 0 atom stereocenters. The van der Waals surface area contributed by atoms with E-state index in [2.05, 4.69) is 0 Å². The monoisotopic (exact) mass is 1160 g/mol. The van der Waals surface area contributed by atoms with E-state index < -0.39 is 72.4 Å². The minimum Gasteiger partial charge on any atom is -0.454 e. The van der Waals surface area contributed by atoms with Gasteiger partial charge in [-0.15, -0.1) is 70.6 Å². The van der Waals surface area contributed by atoms with E-state index in [1.165, 1.54) is 70.6 Å². The Kier molecular flexibility index (Phi) is 25.8. The average Bonchev–Trinajstić information content (AvgIpc) is 3.51. The predicted molar refractivity (Wildman–Crippen MR) is 310 cm³/mol. The highest BCUT2D eigenvalue weighted by Crippen LogP contribution is 2.37. The van der Waals surface area contributed by atoms with Crippen molar-refractivity contribution in [1.82, 2.24) is 0 Å². The van der Waals surface area contributed by atoms with Crippen LogP contribution in [0.4, 0.5) is 0 Å². The number of rotatable bonds is 30. The maximum Gasteiger partial charge on any atom is 0.307 e. The SMILES string of the molecule is O=C(CCSc1ccccc1)OC1C(OC(=O)CCSc2ccccc2)C(OC(=O)CCSc2ccccc2)C(OC(=O)CCSc2ccccc2)C(OC(=O)CCSc2ccccc2)C1OC(=O)CCSc1ccccc1. The van der Waals surface area contributed by atoms with E-state index in [1.54, 1.807) is 0 Å². The van der Waals surface area contributed by atoms with Crippen LogP contribution in [0.15, 0.2) is 211 Å². The number of ether oxygens (including phenoxy) is 6. The zero-order valence-electron chi connectivity index (χ0n) is 42.6. The van der Waals surface area contributed by atoms with Crippen LogP contribution in [0.5, 0.6) is 0 Å². The van der Waals surface area contributed by atoms with E-state index in [0.717, 1.165) is 29.4 Å². The lowest BCUT2D eigenvalue weighted by atomic mass is 9.83. The standard InChI is InChI=1S/C60H60O12S6/c61-49(31-37-73-43-19-7-1-8-20-43)67-55-56(68-50(62)32-38-74-44-21-9-2-10-22-44)58(70-52(64)34-40-76-46-25-13-4-14-26-46)60(72-54(66)36-42-78-48-29-17-6-18-30-48)59(71-53(65)35-41-77-47-27-15-5-16-28-47)57(55)69-51(63)33-39-75-45-23-11-3-12-24-45/h1-30,55-60H,31-42H2. The van der Waals surface area contributed by atoms with E-state index in [1.807, 2.05) is 182 Å². The van der Waals surface area contributed by atoms with Crippen molar-refractivity contribution >= 4 is 106 Å². The lowest BCUT2D eigenvalue weighted by molar-refractivity contribution is -0.261. The number of benzene rings is 6. The van der Waals surface area contributed by atoms with Crippen LogP contribution in [0.25, 0.3) is 0 Å². The Morgan fingerprint density at radius 2 is 0.359 bits per heavy atom. The van der Waals surface area contributed by atoms with E-state index in [0.29, 0.717) is 0 Å². The van der Waals surface area contributed by atoms with E-state index in [9.17, 15) is 28.8 Å². The lowest BCUT2D eigenvalue weighted by Gasteiger charge is -2.47. The molecular weight excluding hydrogens is 1110 g/mol. The Morgan fingerprint density at radius 1 is 0.231 bits per heavy atom. The largest absolute Gasteiger partial charge is 0.454 e. The number of thioether (sulfide) groups is 6. The normalized spacial score (nSPS) is 17.7. The highest BCUT2D eigenvalue weighted by molar-refractivity contribution is 8.00. The summed E-state index contributed by atoms with van der Waals surface area (Å²) in [6.07, 6.45) is -11.4. The molecule has 6 aromatic rings. The van der Waals surface area contributed by atoms with Gasteiger partial charge in [0.1, 0.15) is 0 Å². The number of carbonyl (C=O) groups is 6. The van der Waals surface area contributed by atoms with Crippen LogP contribution in [0.3, 0.4) is 0 Å². The molecule has 1 aliphatic rings. The van der Waals surface area contributed by atoms with Gasteiger partial charge in [-0.3, -0.25) is 28.8 Å². The molecule has 18 heteroatoms. The van der Waals surface area contributed by atoms with Crippen LogP contribution < -0.4 is 0 Å². The third kappa shape index (κ3) is 21.1. The molecule has 0 heterocycles. The first-order valence-electron chi connectivity index (χ1n) is 25.4. The maximum absolute atomic E-state index is 14.3. The smallest absolute Gasteiger partial charge is 0.307 e. The van der Waals surface area contributed by atoms with Crippen LogP contribution in [0.1, 0.15) is 38.5 Å². The molecule has 78 heavy (non-hydrogen) atoms. The fourth-order valence-electron chi connectivity index (χ4n) is 7.80. The second-order valence-electron chi connectivity index (χ2n) is 17.2. The van der Waals surface area contributed by atoms with Crippen molar-refractivity contribution < 1.29 is 57.2 Å². The molecule has 0 bridgehead atoms. The highest BCUT2D eigenvalue weighted by atomic mass is 32.2. The van der Waals surface area contributed by atoms with Gasteiger partial charge in [0.2, 0.25) is 0 Å². The summed E-state index contributed by atoms with van der Waals surface area (Å²) in [6, 6.07) is 56.8. The molecule has 408 valence electrons. The van der Waals surface area contributed by atoms with Gasteiger partial charge in [0.05, 0.1) is 38.5 Å². The van der Waals surface area contributed by atoms with Crippen molar-refractivity contribution in [2.45, 2.75) is 105 Å². The molecule has 0 unspecified atom stereocenters. The van der Waals surface area contributed by atoms with Crippen molar-refractivity contribution in [2.75, 3.05) is 34.5 Å². The van der Waals surface area contributed by atoms with Gasteiger partial charge >= 0.3 is 35.8 Å². The van der Waals surface area contributed by atoms with Crippen molar-refractivity contribution in [1.29, 1.82) is 0 Å². The zero-order valence-corrected chi connectivity index (χ0v) is 47.5. The summed E-state index contributed by atoms with van der Waals surface area (Å²) in [6.45, 7) is 0. The fraction of sp³-hybridized carbons (Fsp3) is 0.300. The van der Waals surface area contributed by atoms with Crippen LogP contribution >= 0.6 is 70.6 Å². The van der Waals surface area contributed by atoms with Gasteiger partial charge in [0.15, 0.2) is 36.6 Å². The fourth-order valence-corrected chi connectivity index (χ4v) is 12.9. The lowest BCUT2D eigenvalue weighted by Crippen LogP contribution is -2.69. The Balaban J connectivity index is 1.25. The van der Waals surface area contributed by atoms with E-state index >= 15 is 0 Å². The molecule has 0 aromatic heterocycles. The maximum atomic E-state index is 14.3. The van der Waals surface area contributed by atoms with Gasteiger partial charge in [0.25, 0.3) is 0 Å². The number of hydrogen-bond acceptors (Lipinski definition) is 18. The molecule has 1 saturated carbocycles. The van der Waals surface area contributed by atoms with Crippen LogP contribution in [-0.4, -0.2) is 107 Å². The van der Waals surface area contributed by atoms with Crippen molar-refractivity contribution in [3.8, 4) is 0 Å². The molecule has 0 saturated heterocycles. The third-order valence-electron chi connectivity index (χ3n) is 11.5. The Morgan fingerprint density at radius 3 is 0.487 bits per heavy atom. The van der Waals surface area contributed by atoms with Crippen molar-refractivity contribution in [3.05, 3.63) is 182 Å². The van der Waals surface area contributed by atoms with Gasteiger partial charge in [-0.25, -0.2) is 0 Å². The highest BCUT2D eigenvalue weighted by Gasteiger charge is 2.61. The second-order valence-corrected chi connectivity index (χ2v) is 24.2.